The number of aliphatic hydroxyl groups excluding tert-OH is 1. The lowest BCUT2D eigenvalue weighted by atomic mass is 10.0. The molecule has 0 bridgehead atoms. The maximum Gasteiger partial charge on any atom is 0.230 e. The normalized spacial score (nSPS) is 20.7. The van der Waals surface area contributed by atoms with Gasteiger partial charge in [0, 0.05) is 18.6 Å². The molecule has 1 aliphatic heterocycles. The topological polar surface area (TPSA) is 58.6 Å². The van der Waals surface area contributed by atoms with Gasteiger partial charge < -0.3 is 15.2 Å². The van der Waals surface area contributed by atoms with Gasteiger partial charge >= 0.3 is 0 Å². The van der Waals surface area contributed by atoms with E-state index in [0.717, 1.165) is 0 Å². The molecule has 2 unspecified atom stereocenters. The lowest BCUT2D eigenvalue weighted by Gasteiger charge is -2.14. The number of carbonyl (C=O) groups is 1. The molecule has 1 aliphatic rings. The largest absolute Gasteiger partial charge is 0.395 e. The Bertz CT molecular complexity index is 577. The molecular formula is C16H18FNO3. The van der Waals surface area contributed by atoms with Crippen molar-refractivity contribution in [1.29, 1.82) is 0 Å². The Morgan fingerprint density at radius 3 is 3.00 bits per heavy atom. The number of hydrogen-bond acceptors (Lipinski definition) is 3. The first-order valence-electron chi connectivity index (χ1n) is 6.93. The summed E-state index contributed by atoms with van der Waals surface area (Å²) in [6.45, 7) is 2.37. The molecule has 1 amide bonds. The minimum atomic E-state index is -0.522. The van der Waals surface area contributed by atoms with E-state index in [0.29, 0.717) is 25.0 Å². The molecule has 1 heterocycles. The summed E-state index contributed by atoms with van der Waals surface area (Å²) in [5.41, 5.74) is 0.656. The number of amides is 1. The van der Waals surface area contributed by atoms with Crippen LogP contribution in [0.25, 0.3) is 0 Å². The van der Waals surface area contributed by atoms with E-state index in [1.807, 2.05) is 6.92 Å². The third kappa shape index (κ3) is 4.03. The van der Waals surface area contributed by atoms with E-state index in [9.17, 15) is 9.18 Å². The smallest absolute Gasteiger partial charge is 0.230 e. The van der Waals surface area contributed by atoms with Gasteiger partial charge in [-0.2, -0.15) is 0 Å². The van der Waals surface area contributed by atoms with Gasteiger partial charge in [-0.25, -0.2) is 4.39 Å². The fourth-order valence-electron chi connectivity index (χ4n) is 2.22. The van der Waals surface area contributed by atoms with Gasteiger partial charge in [0.05, 0.1) is 24.3 Å². The molecule has 112 valence electrons. The third-order valence-corrected chi connectivity index (χ3v) is 3.41. The van der Waals surface area contributed by atoms with Gasteiger partial charge in [0.1, 0.15) is 5.82 Å². The van der Waals surface area contributed by atoms with Crippen LogP contribution >= 0.6 is 0 Å². The Kier molecular flexibility index (Phi) is 5.32. The molecule has 1 aromatic rings. The van der Waals surface area contributed by atoms with Crippen LogP contribution in [0.3, 0.4) is 0 Å². The van der Waals surface area contributed by atoms with Gasteiger partial charge in [0.15, 0.2) is 0 Å². The molecule has 1 saturated heterocycles. The molecular weight excluding hydrogens is 273 g/mol. The summed E-state index contributed by atoms with van der Waals surface area (Å²) >= 11 is 0. The first-order valence-corrected chi connectivity index (χ1v) is 6.93. The number of nitrogens with one attached hydrogen (secondary N) is 1. The Hall–Kier alpha value is -1.90. The van der Waals surface area contributed by atoms with Crippen molar-refractivity contribution >= 4 is 11.6 Å². The average Bonchev–Trinajstić information content (AvgIpc) is 2.88. The third-order valence-electron chi connectivity index (χ3n) is 3.41. The summed E-state index contributed by atoms with van der Waals surface area (Å²) in [5.74, 6) is 4.48. The van der Waals surface area contributed by atoms with E-state index in [2.05, 4.69) is 17.2 Å². The minimum absolute atomic E-state index is 0.0226. The van der Waals surface area contributed by atoms with Gasteiger partial charge in [-0.05, 0) is 31.5 Å². The second-order valence-corrected chi connectivity index (χ2v) is 4.93. The van der Waals surface area contributed by atoms with E-state index >= 15 is 0 Å². The number of anilines is 1. The highest BCUT2D eigenvalue weighted by molar-refractivity contribution is 5.93. The Balaban J connectivity index is 2.04. The standard InChI is InChI=1S/C16H18FNO3/c1-11-13(7-9-21-11)16(20)18-15-6-5-12(10-14(15)17)4-2-3-8-19/h5-6,10-11,13,19H,3,7-9H2,1H3,(H,18,20). The molecule has 2 rings (SSSR count). The summed E-state index contributed by atoms with van der Waals surface area (Å²) in [4.78, 5) is 12.1. The van der Waals surface area contributed by atoms with Crippen LogP contribution in [0.5, 0.6) is 0 Å². The molecule has 0 aromatic heterocycles. The van der Waals surface area contributed by atoms with Crippen LogP contribution in [-0.2, 0) is 9.53 Å². The minimum Gasteiger partial charge on any atom is -0.395 e. The van der Waals surface area contributed by atoms with Gasteiger partial charge in [0.25, 0.3) is 0 Å². The molecule has 1 aromatic carbocycles. The highest BCUT2D eigenvalue weighted by Crippen LogP contribution is 2.23. The lowest BCUT2D eigenvalue weighted by molar-refractivity contribution is -0.121. The number of halogens is 1. The van der Waals surface area contributed by atoms with Gasteiger partial charge in [-0.1, -0.05) is 11.8 Å². The maximum absolute atomic E-state index is 13.9. The predicted molar refractivity (Wildman–Crippen MR) is 77.1 cm³/mol. The van der Waals surface area contributed by atoms with Gasteiger partial charge in [0.2, 0.25) is 5.91 Å². The average molecular weight is 291 g/mol. The van der Waals surface area contributed by atoms with E-state index in [-0.39, 0.29) is 30.2 Å². The second kappa shape index (κ2) is 7.21. The molecule has 2 N–H and O–H groups in total. The summed E-state index contributed by atoms with van der Waals surface area (Å²) in [6, 6.07) is 4.41. The number of hydrogen-bond donors (Lipinski definition) is 2. The number of ether oxygens (including phenoxy) is 1. The molecule has 0 spiro atoms. The summed E-state index contributed by atoms with van der Waals surface area (Å²) in [5, 5.41) is 11.2. The quantitative estimate of drug-likeness (QED) is 0.837. The van der Waals surface area contributed by atoms with Crippen molar-refractivity contribution in [2.75, 3.05) is 18.5 Å². The monoisotopic (exact) mass is 291 g/mol. The first kappa shape index (κ1) is 15.5. The Morgan fingerprint density at radius 2 is 2.38 bits per heavy atom. The molecule has 5 heteroatoms. The van der Waals surface area contributed by atoms with Gasteiger partial charge in [-0.15, -0.1) is 0 Å². The van der Waals surface area contributed by atoms with E-state index in [1.165, 1.54) is 12.1 Å². The van der Waals surface area contributed by atoms with Crippen molar-refractivity contribution in [3.63, 3.8) is 0 Å². The van der Waals surface area contributed by atoms with Crippen LogP contribution in [0.15, 0.2) is 18.2 Å². The second-order valence-electron chi connectivity index (χ2n) is 4.93. The SMILES string of the molecule is CC1OCCC1C(=O)Nc1ccc(C#CCCO)cc1F. The molecule has 0 aliphatic carbocycles. The predicted octanol–water partition coefficient (Wildman–Crippen LogP) is 1.92. The fraction of sp³-hybridized carbons (Fsp3) is 0.438. The number of rotatable bonds is 3. The van der Waals surface area contributed by atoms with Crippen LogP contribution in [0.2, 0.25) is 0 Å². The molecule has 0 radical (unpaired) electrons. The van der Waals surface area contributed by atoms with E-state index < -0.39 is 5.82 Å². The van der Waals surface area contributed by atoms with Crippen molar-refractivity contribution < 1.29 is 19.0 Å². The molecule has 4 nitrogen and oxygen atoms in total. The van der Waals surface area contributed by atoms with Crippen LogP contribution in [-0.4, -0.2) is 30.3 Å². The number of aliphatic hydroxyl groups is 1. The summed E-state index contributed by atoms with van der Waals surface area (Å²) in [6.07, 6.45) is 0.857. The molecule has 1 fully saturated rings. The Morgan fingerprint density at radius 1 is 1.57 bits per heavy atom. The maximum atomic E-state index is 13.9. The van der Waals surface area contributed by atoms with Crippen molar-refractivity contribution in [3.05, 3.63) is 29.6 Å². The first-order chi connectivity index (χ1) is 10.1. The van der Waals surface area contributed by atoms with Crippen molar-refractivity contribution in [2.24, 2.45) is 5.92 Å². The van der Waals surface area contributed by atoms with Crippen molar-refractivity contribution in [1.82, 2.24) is 0 Å². The summed E-state index contributed by atoms with van der Waals surface area (Å²) in [7, 11) is 0. The number of carbonyl (C=O) groups excluding carboxylic acids is 1. The van der Waals surface area contributed by atoms with Crippen molar-refractivity contribution in [2.45, 2.75) is 25.9 Å². The Labute approximate surface area is 123 Å². The van der Waals surface area contributed by atoms with Gasteiger partial charge in [-0.3, -0.25) is 4.79 Å². The zero-order valence-electron chi connectivity index (χ0n) is 11.9. The van der Waals surface area contributed by atoms with Crippen LogP contribution in [0.1, 0.15) is 25.3 Å². The lowest BCUT2D eigenvalue weighted by Crippen LogP contribution is -2.28. The molecule has 2 atom stereocenters. The zero-order chi connectivity index (χ0) is 15.2. The number of benzene rings is 1. The van der Waals surface area contributed by atoms with E-state index in [1.54, 1.807) is 6.07 Å². The summed E-state index contributed by atoms with van der Waals surface area (Å²) < 4.78 is 19.3. The molecule has 21 heavy (non-hydrogen) atoms. The van der Waals surface area contributed by atoms with Crippen LogP contribution < -0.4 is 5.32 Å². The molecule has 0 saturated carbocycles. The fourth-order valence-corrected chi connectivity index (χ4v) is 2.22. The van der Waals surface area contributed by atoms with Crippen LogP contribution in [0.4, 0.5) is 10.1 Å². The highest BCUT2D eigenvalue weighted by atomic mass is 19.1. The van der Waals surface area contributed by atoms with E-state index in [4.69, 9.17) is 9.84 Å². The van der Waals surface area contributed by atoms with Crippen molar-refractivity contribution in [3.8, 4) is 11.8 Å². The highest BCUT2D eigenvalue weighted by Gasteiger charge is 2.31. The zero-order valence-corrected chi connectivity index (χ0v) is 11.9. The van der Waals surface area contributed by atoms with Crippen LogP contribution in [0, 0.1) is 23.6 Å².